The van der Waals surface area contributed by atoms with Gasteiger partial charge in [0, 0.05) is 30.6 Å². The second kappa shape index (κ2) is 14.7. The highest BCUT2D eigenvalue weighted by Crippen LogP contribution is 2.28. The van der Waals surface area contributed by atoms with Crippen molar-refractivity contribution in [3.05, 3.63) is 125 Å². The van der Waals surface area contributed by atoms with E-state index in [0.29, 0.717) is 22.9 Å². The third kappa shape index (κ3) is 8.15. The lowest BCUT2D eigenvalue weighted by molar-refractivity contribution is -0.140. The lowest BCUT2D eigenvalue weighted by Crippen LogP contribution is -2.53. The van der Waals surface area contributed by atoms with Crippen molar-refractivity contribution in [2.45, 2.75) is 30.8 Å². The Morgan fingerprint density at radius 1 is 0.860 bits per heavy atom. The van der Waals surface area contributed by atoms with E-state index >= 15 is 0 Å². The number of benzene rings is 4. The number of rotatable bonds is 13. The minimum absolute atomic E-state index is 0.0246. The molecule has 0 radical (unpaired) electrons. The number of hydrogen-bond acceptors (Lipinski definition) is 5. The Balaban J connectivity index is 1.80. The van der Waals surface area contributed by atoms with E-state index in [0.717, 1.165) is 9.87 Å². The normalized spacial score (nSPS) is 11.8. The third-order valence-electron chi connectivity index (χ3n) is 6.82. The van der Waals surface area contributed by atoms with E-state index in [2.05, 4.69) is 5.32 Å². The van der Waals surface area contributed by atoms with Gasteiger partial charge in [0.05, 0.1) is 17.7 Å². The predicted molar refractivity (Wildman–Crippen MR) is 169 cm³/mol. The van der Waals surface area contributed by atoms with E-state index in [1.54, 1.807) is 67.6 Å². The van der Waals surface area contributed by atoms with Crippen molar-refractivity contribution in [2.24, 2.45) is 0 Å². The van der Waals surface area contributed by atoms with Crippen molar-refractivity contribution in [1.82, 2.24) is 10.2 Å². The molecule has 10 heteroatoms. The molecule has 4 aromatic carbocycles. The van der Waals surface area contributed by atoms with E-state index in [1.807, 2.05) is 36.4 Å². The van der Waals surface area contributed by atoms with Crippen molar-refractivity contribution >= 4 is 39.1 Å². The average Bonchev–Trinajstić information content (AvgIpc) is 3.02. The highest BCUT2D eigenvalue weighted by Gasteiger charge is 2.34. The minimum Gasteiger partial charge on any atom is -0.497 e. The van der Waals surface area contributed by atoms with Crippen LogP contribution in [0.2, 0.25) is 5.02 Å². The summed E-state index contributed by atoms with van der Waals surface area (Å²) < 4.78 is 34.4. The fraction of sp³-hybridized carbons (Fsp3) is 0.212. The van der Waals surface area contributed by atoms with Gasteiger partial charge in [-0.3, -0.25) is 13.9 Å². The van der Waals surface area contributed by atoms with Gasteiger partial charge < -0.3 is 15.0 Å². The Kier molecular flexibility index (Phi) is 10.8. The van der Waals surface area contributed by atoms with Gasteiger partial charge in [0.2, 0.25) is 11.8 Å². The molecule has 0 heterocycles. The highest BCUT2D eigenvalue weighted by atomic mass is 35.5. The maximum atomic E-state index is 14.4. The van der Waals surface area contributed by atoms with Gasteiger partial charge in [-0.2, -0.15) is 0 Å². The van der Waals surface area contributed by atoms with Gasteiger partial charge >= 0.3 is 0 Å². The summed E-state index contributed by atoms with van der Waals surface area (Å²) in [5, 5.41) is 3.33. The number of methoxy groups -OCH3 is 1. The Bertz CT molecular complexity index is 1630. The van der Waals surface area contributed by atoms with Crippen LogP contribution in [0, 0.1) is 0 Å². The fourth-order valence-electron chi connectivity index (χ4n) is 4.69. The number of carbonyl (C=O) groups excluding carboxylic acids is 2. The molecule has 2 amide bonds. The number of anilines is 1. The first-order chi connectivity index (χ1) is 20.7. The molecule has 8 nitrogen and oxygen atoms in total. The molecule has 4 rings (SSSR count). The number of amides is 2. The van der Waals surface area contributed by atoms with Gasteiger partial charge in [-0.05, 0) is 54.4 Å². The molecule has 0 aliphatic heterocycles. The van der Waals surface area contributed by atoms with Crippen LogP contribution in [0.15, 0.2) is 114 Å². The number of sulfonamides is 1. The highest BCUT2D eigenvalue weighted by molar-refractivity contribution is 7.92. The van der Waals surface area contributed by atoms with Gasteiger partial charge in [-0.15, -0.1) is 0 Å². The van der Waals surface area contributed by atoms with Crippen LogP contribution < -0.4 is 14.4 Å². The molecule has 0 saturated carbocycles. The number of ether oxygens (including phenoxy) is 1. The van der Waals surface area contributed by atoms with Gasteiger partial charge in [-0.1, -0.05) is 78.3 Å². The molecular formula is C33H34ClN3O5S. The van der Waals surface area contributed by atoms with Crippen LogP contribution in [0.3, 0.4) is 0 Å². The van der Waals surface area contributed by atoms with Crippen molar-refractivity contribution in [3.8, 4) is 5.75 Å². The Labute approximate surface area is 257 Å². The van der Waals surface area contributed by atoms with E-state index in [9.17, 15) is 18.0 Å². The third-order valence-corrected chi connectivity index (χ3v) is 8.84. The van der Waals surface area contributed by atoms with Gasteiger partial charge in [-0.25, -0.2) is 8.42 Å². The summed E-state index contributed by atoms with van der Waals surface area (Å²) in [6, 6.07) is 29.9. The zero-order valence-corrected chi connectivity index (χ0v) is 25.6. The molecule has 0 bridgehead atoms. The first kappa shape index (κ1) is 31.6. The maximum Gasteiger partial charge on any atom is 0.264 e. The molecule has 0 aliphatic carbocycles. The van der Waals surface area contributed by atoms with Gasteiger partial charge in [0.1, 0.15) is 18.3 Å². The van der Waals surface area contributed by atoms with E-state index in [4.69, 9.17) is 16.3 Å². The van der Waals surface area contributed by atoms with Crippen molar-refractivity contribution in [3.63, 3.8) is 0 Å². The number of nitrogens with zero attached hydrogens (tertiary/aromatic N) is 2. The van der Waals surface area contributed by atoms with Crippen molar-refractivity contribution < 1.29 is 22.7 Å². The van der Waals surface area contributed by atoms with Crippen LogP contribution in [0.25, 0.3) is 0 Å². The molecule has 1 unspecified atom stereocenters. The molecule has 1 atom stereocenters. The van der Waals surface area contributed by atoms with Crippen LogP contribution in [-0.4, -0.2) is 51.4 Å². The number of carbonyl (C=O) groups is 2. The summed E-state index contributed by atoms with van der Waals surface area (Å²) >= 11 is 6.27. The number of likely N-dealkylation sites (N-methyl/N-ethyl adjacent to an activating group) is 1. The quantitative estimate of drug-likeness (QED) is 0.219. The first-order valence-corrected chi connectivity index (χ1v) is 15.6. The Morgan fingerprint density at radius 3 is 2.16 bits per heavy atom. The minimum atomic E-state index is -4.19. The summed E-state index contributed by atoms with van der Waals surface area (Å²) in [6.07, 6.45) is 0.226. The monoisotopic (exact) mass is 619 g/mol. The van der Waals surface area contributed by atoms with Gasteiger partial charge in [0.25, 0.3) is 10.0 Å². The summed E-state index contributed by atoms with van der Waals surface area (Å²) in [6.45, 7) is 1.64. The predicted octanol–water partition coefficient (Wildman–Crippen LogP) is 5.32. The molecule has 0 aliphatic rings. The second-order valence-corrected chi connectivity index (χ2v) is 12.1. The van der Waals surface area contributed by atoms with Crippen molar-refractivity contribution in [2.75, 3.05) is 24.5 Å². The Hall–Kier alpha value is -4.34. The number of hydrogen-bond donors (Lipinski definition) is 1. The van der Waals surface area contributed by atoms with E-state index < -0.39 is 28.5 Å². The summed E-state index contributed by atoms with van der Waals surface area (Å²) in [5.41, 5.74) is 1.79. The number of nitrogens with one attached hydrogen (secondary N) is 1. The summed E-state index contributed by atoms with van der Waals surface area (Å²) in [7, 11) is -2.71. The number of halogens is 1. The van der Waals surface area contributed by atoms with Crippen LogP contribution >= 0.6 is 11.6 Å². The molecule has 0 saturated heterocycles. The van der Waals surface area contributed by atoms with Gasteiger partial charge in [0.15, 0.2) is 0 Å². The lowest BCUT2D eigenvalue weighted by atomic mass is 10.0. The molecule has 224 valence electrons. The van der Waals surface area contributed by atoms with Crippen LogP contribution in [0.1, 0.15) is 18.1 Å². The molecular weight excluding hydrogens is 586 g/mol. The molecule has 0 fully saturated rings. The van der Waals surface area contributed by atoms with Crippen molar-refractivity contribution in [1.29, 1.82) is 0 Å². The standard InChI is InChI=1S/C33H34ClN3O5S/c1-3-35-33(39)31(21-25-12-6-4-7-13-25)36(23-26-14-10-15-27(34)20-26)32(38)24-37(28-16-11-17-29(22-28)42-2)43(40,41)30-18-8-5-9-19-30/h4-20,22,31H,3,21,23-24H2,1-2H3,(H,35,39). The summed E-state index contributed by atoms with van der Waals surface area (Å²) in [5.74, 6) is -0.478. The van der Waals surface area contributed by atoms with Crippen LogP contribution in [-0.2, 0) is 32.6 Å². The molecule has 43 heavy (non-hydrogen) atoms. The zero-order valence-electron chi connectivity index (χ0n) is 24.0. The largest absolute Gasteiger partial charge is 0.497 e. The average molecular weight is 620 g/mol. The first-order valence-electron chi connectivity index (χ1n) is 13.8. The molecule has 0 aromatic heterocycles. The van der Waals surface area contributed by atoms with Crippen LogP contribution in [0.4, 0.5) is 5.69 Å². The fourth-order valence-corrected chi connectivity index (χ4v) is 6.33. The smallest absolute Gasteiger partial charge is 0.264 e. The zero-order chi connectivity index (χ0) is 30.8. The maximum absolute atomic E-state index is 14.4. The summed E-state index contributed by atoms with van der Waals surface area (Å²) in [4.78, 5) is 29.3. The lowest BCUT2D eigenvalue weighted by Gasteiger charge is -2.34. The molecule has 1 N–H and O–H groups in total. The molecule has 4 aromatic rings. The Morgan fingerprint density at radius 2 is 1.51 bits per heavy atom. The SMILES string of the molecule is CCNC(=O)C(Cc1ccccc1)N(Cc1cccc(Cl)c1)C(=O)CN(c1cccc(OC)c1)S(=O)(=O)c1ccccc1. The molecule has 0 spiro atoms. The van der Waals surface area contributed by atoms with E-state index in [-0.39, 0.29) is 29.5 Å². The van der Waals surface area contributed by atoms with E-state index in [1.165, 1.54) is 24.1 Å². The van der Waals surface area contributed by atoms with Crippen LogP contribution in [0.5, 0.6) is 5.75 Å². The topological polar surface area (TPSA) is 96.0 Å². The second-order valence-electron chi connectivity index (χ2n) is 9.78.